The lowest BCUT2D eigenvalue weighted by Gasteiger charge is -2.27. The Morgan fingerprint density at radius 1 is 1.55 bits per heavy atom. The van der Waals surface area contributed by atoms with Crippen molar-refractivity contribution in [2.24, 2.45) is 0 Å². The normalized spacial score (nSPS) is 31.7. The zero-order valence-corrected chi connectivity index (χ0v) is 6.79. The third-order valence-corrected chi connectivity index (χ3v) is 2.77. The van der Waals surface area contributed by atoms with Crippen molar-refractivity contribution < 1.29 is 5.11 Å². The van der Waals surface area contributed by atoms with E-state index in [-0.39, 0.29) is 6.61 Å². The largest absolute Gasteiger partial charge is 0.392 e. The highest BCUT2D eigenvalue weighted by Crippen LogP contribution is 2.24. The van der Waals surface area contributed by atoms with Crippen molar-refractivity contribution in [3.63, 3.8) is 0 Å². The van der Waals surface area contributed by atoms with Gasteiger partial charge in [0.25, 0.3) is 0 Å². The topological polar surface area (TPSA) is 23.5 Å². The Balaban J connectivity index is 2.08. The van der Waals surface area contributed by atoms with E-state index in [1.54, 1.807) is 0 Å². The molecule has 1 unspecified atom stereocenters. The number of aliphatic hydroxyl groups is 1. The molecule has 0 aromatic rings. The van der Waals surface area contributed by atoms with Gasteiger partial charge in [-0.3, -0.25) is 4.90 Å². The molecule has 0 aliphatic carbocycles. The fourth-order valence-electron chi connectivity index (χ4n) is 2.09. The molecule has 1 saturated heterocycles. The molecule has 1 N–H and O–H groups in total. The summed E-state index contributed by atoms with van der Waals surface area (Å²) in [6.45, 7) is 2.70. The van der Waals surface area contributed by atoms with Crippen LogP contribution in [0, 0.1) is 0 Å². The maximum atomic E-state index is 8.92. The summed E-state index contributed by atoms with van der Waals surface area (Å²) in [5.41, 5.74) is 1.24. The Hall–Kier alpha value is -0.340. The standard InChI is InChI=1S/C9H15NO/c11-7-8-3-5-10-4-1-2-9(10)6-8/h6,9,11H,1-5,7H2. The van der Waals surface area contributed by atoms with Crippen LogP contribution in [0.5, 0.6) is 0 Å². The molecule has 2 nitrogen and oxygen atoms in total. The Morgan fingerprint density at radius 2 is 2.45 bits per heavy atom. The molecule has 2 heteroatoms. The van der Waals surface area contributed by atoms with Gasteiger partial charge in [0.15, 0.2) is 0 Å². The summed E-state index contributed by atoms with van der Waals surface area (Å²) in [5.74, 6) is 0. The zero-order chi connectivity index (χ0) is 7.68. The highest BCUT2D eigenvalue weighted by molar-refractivity contribution is 5.13. The van der Waals surface area contributed by atoms with Crippen LogP contribution >= 0.6 is 0 Å². The molecular weight excluding hydrogens is 138 g/mol. The molecule has 0 saturated carbocycles. The lowest BCUT2D eigenvalue weighted by atomic mass is 10.0. The van der Waals surface area contributed by atoms with Crippen LogP contribution in [0.1, 0.15) is 19.3 Å². The minimum Gasteiger partial charge on any atom is -0.392 e. The fourth-order valence-corrected chi connectivity index (χ4v) is 2.09. The van der Waals surface area contributed by atoms with Crippen molar-refractivity contribution in [2.45, 2.75) is 25.3 Å². The smallest absolute Gasteiger partial charge is 0.0642 e. The number of rotatable bonds is 1. The number of fused-ring (bicyclic) bond motifs is 1. The van der Waals surface area contributed by atoms with E-state index in [1.165, 1.54) is 25.0 Å². The number of aliphatic hydroxyl groups excluding tert-OH is 1. The van der Waals surface area contributed by atoms with Crippen LogP contribution in [0.3, 0.4) is 0 Å². The minimum atomic E-state index is 0.268. The first-order chi connectivity index (χ1) is 5.40. The van der Waals surface area contributed by atoms with Crippen LogP contribution in [-0.2, 0) is 0 Å². The summed E-state index contributed by atoms with van der Waals surface area (Å²) in [6, 6.07) is 0.658. The Labute approximate surface area is 67.5 Å². The SMILES string of the molecule is OCC1=CC2CCCN2CC1. The van der Waals surface area contributed by atoms with Gasteiger partial charge in [-0.25, -0.2) is 0 Å². The molecule has 2 rings (SSSR count). The van der Waals surface area contributed by atoms with E-state index < -0.39 is 0 Å². The van der Waals surface area contributed by atoms with E-state index in [4.69, 9.17) is 5.11 Å². The maximum Gasteiger partial charge on any atom is 0.0642 e. The molecule has 62 valence electrons. The fraction of sp³-hybridized carbons (Fsp3) is 0.778. The second kappa shape index (κ2) is 2.95. The van der Waals surface area contributed by atoms with Crippen molar-refractivity contribution in [3.8, 4) is 0 Å². The molecule has 2 heterocycles. The van der Waals surface area contributed by atoms with Crippen LogP contribution in [0.25, 0.3) is 0 Å². The quantitative estimate of drug-likeness (QED) is 0.562. The molecule has 1 atom stereocenters. The molecule has 0 aromatic carbocycles. The first-order valence-corrected chi connectivity index (χ1v) is 4.44. The van der Waals surface area contributed by atoms with Crippen molar-refractivity contribution in [1.82, 2.24) is 4.90 Å². The molecule has 0 spiro atoms. The van der Waals surface area contributed by atoms with E-state index >= 15 is 0 Å². The molecule has 1 fully saturated rings. The van der Waals surface area contributed by atoms with Gasteiger partial charge >= 0.3 is 0 Å². The van der Waals surface area contributed by atoms with Gasteiger partial charge in [-0.1, -0.05) is 6.08 Å². The van der Waals surface area contributed by atoms with E-state index in [0.29, 0.717) is 6.04 Å². The minimum absolute atomic E-state index is 0.268. The van der Waals surface area contributed by atoms with Crippen molar-refractivity contribution in [2.75, 3.05) is 19.7 Å². The van der Waals surface area contributed by atoms with Gasteiger partial charge < -0.3 is 5.11 Å². The van der Waals surface area contributed by atoms with Gasteiger partial charge in [0, 0.05) is 12.6 Å². The lowest BCUT2D eigenvalue weighted by Crippen LogP contribution is -2.33. The third kappa shape index (κ3) is 1.33. The average molecular weight is 153 g/mol. The second-order valence-electron chi connectivity index (χ2n) is 3.48. The zero-order valence-electron chi connectivity index (χ0n) is 6.79. The predicted molar refractivity (Wildman–Crippen MR) is 44.4 cm³/mol. The molecule has 0 amide bonds. The van der Waals surface area contributed by atoms with Crippen molar-refractivity contribution >= 4 is 0 Å². The molecule has 2 aliphatic heterocycles. The average Bonchev–Trinajstić information content (AvgIpc) is 2.50. The van der Waals surface area contributed by atoms with Crippen LogP contribution < -0.4 is 0 Å². The van der Waals surface area contributed by atoms with Crippen molar-refractivity contribution in [3.05, 3.63) is 11.6 Å². The summed E-state index contributed by atoms with van der Waals surface area (Å²) in [4.78, 5) is 2.51. The Morgan fingerprint density at radius 3 is 3.27 bits per heavy atom. The molecule has 0 radical (unpaired) electrons. The Kier molecular flexibility index (Phi) is 1.96. The molecular formula is C9H15NO. The van der Waals surface area contributed by atoms with Gasteiger partial charge in [-0.2, -0.15) is 0 Å². The van der Waals surface area contributed by atoms with E-state index in [0.717, 1.165) is 13.0 Å². The van der Waals surface area contributed by atoms with Gasteiger partial charge in [-0.05, 0) is 31.4 Å². The number of hydrogen-bond donors (Lipinski definition) is 1. The van der Waals surface area contributed by atoms with E-state index in [9.17, 15) is 0 Å². The lowest BCUT2D eigenvalue weighted by molar-refractivity contribution is 0.258. The summed E-state index contributed by atoms with van der Waals surface area (Å²) < 4.78 is 0. The van der Waals surface area contributed by atoms with E-state index in [1.807, 2.05) is 0 Å². The predicted octanol–water partition coefficient (Wildman–Crippen LogP) is 0.773. The third-order valence-electron chi connectivity index (χ3n) is 2.77. The van der Waals surface area contributed by atoms with Gasteiger partial charge in [0.05, 0.1) is 6.61 Å². The van der Waals surface area contributed by atoms with Crippen LogP contribution in [0.4, 0.5) is 0 Å². The first kappa shape index (κ1) is 7.32. The summed E-state index contributed by atoms with van der Waals surface area (Å²) >= 11 is 0. The number of nitrogens with zero attached hydrogens (tertiary/aromatic N) is 1. The molecule has 0 bridgehead atoms. The summed E-state index contributed by atoms with van der Waals surface area (Å²) in [7, 11) is 0. The molecule has 0 aromatic heterocycles. The van der Waals surface area contributed by atoms with Gasteiger partial charge in [0.2, 0.25) is 0 Å². The van der Waals surface area contributed by atoms with Crippen LogP contribution in [0.15, 0.2) is 11.6 Å². The highest BCUT2D eigenvalue weighted by atomic mass is 16.3. The van der Waals surface area contributed by atoms with Gasteiger partial charge in [-0.15, -0.1) is 0 Å². The van der Waals surface area contributed by atoms with Gasteiger partial charge in [0.1, 0.15) is 0 Å². The first-order valence-electron chi connectivity index (χ1n) is 4.44. The highest BCUT2D eigenvalue weighted by Gasteiger charge is 2.25. The molecule has 2 aliphatic rings. The monoisotopic (exact) mass is 153 g/mol. The molecule has 11 heavy (non-hydrogen) atoms. The summed E-state index contributed by atoms with van der Waals surface area (Å²) in [5, 5.41) is 8.92. The van der Waals surface area contributed by atoms with E-state index in [2.05, 4.69) is 11.0 Å². The maximum absolute atomic E-state index is 8.92. The van der Waals surface area contributed by atoms with Crippen molar-refractivity contribution in [1.29, 1.82) is 0 Å². The van der Waals surface area contributed by atoms with Crippen LogP contribution in [0.2, 0.25) is 0 Å². The second-order valence-corrected chi connectivity index (χ2v) is 3.48. The summed E-state index contributed by atoms with van der Waals surface area (Å²) in [6.07, 6.45) is 5.97. The van der Waals surface area contributed by atoms with Crippen LogP contribution in [-0.4, -0.2) is 35.7 Å². The number of hydrogen-bond acceptors (Lipinski definition) is 2. The Bertz CT molecular complexity index is 176.